The van der Waals surface area contributed by atoms with Gasteiger partial charge in [-0.05, 0) is 34.1 Å². The highest BCUT2D eigenvalue weighted by Crippen LogP contribution is 2.36. The lowest BCUT2D eigenvalue weighted by Crippen LogP contribution is -2.38. The van der Waals surface area contributed by atoms with Gasteiger partial charge >= 0.3 is 0 Å². The molecule has 0 amide bonds. The first-order chi connectivity index (χ1) is 14.1. The zero-order chi connectivity index (χ0) is 20.2. The van der Waals surface area contributed by atoms with Crippen LogP contribution in [0.1, 0.15) is 0 Å². The number of morpholine rings is 1. The SMILES string of the molecule is Nc1ccc(Oc2ccnc3c(Br)c(OCCN4CCOCC4)ncc23)c(F)c1. The third-order valence-corrected chi connectivity index (χ3v) is 5.30. The third-order valence-electron chi connectivity index (χ3n) is 4.58. The van der Waals surface area contributed by atoms with E-state index in [2.05, 4.69) is 30.8 Å². The normalized spacial score (nSPS) is 14.8. The second-order valence-electron chi connectivity index (χ2n) is 6.54. The molecule has 0 bridgehead atoms. The minimum atomic E-state index is -0.537. The molecule has 1 aromatic carbocycles. The molecule has 7 nitrogen and oxygen atoms in total. The Kier molecular flexibility index (Phi) is 6.08. The first-order valence-electron chi connectivity index (χ1n) is 9.21. The van der Waals surface area contributed by atoms with E-state index in [1.807, 2.05) is 0 Å². The van der Waals surface area contributed by atoms with E-state index in [4.69, 9.17) is 19.9 Å². The molecule has 3 aromatic rings. The van der Waals surface area contributed by atoms with Crippen LogP contribution in [-0.2, 0) is 4.74 Å². The topological polar surface area (TPSA) is 82.7 Å². The molecule has 0 aliphatic carbocycles. The number of benzene rings is 1. The molecule has 0 spiro atoms. The summed E-state index contributed by atoms with van der Waals surface area (Å²) in [5, 5.41) is 0.635. The summed E-state index contributed by atoms with van der Waals surface area (Å²) in [5.41, 5.74) is 6.54. The Labute approximate surface area is 175 Å². The van der Waals surface area contributed by atoms with Gasteiger partial charge in [0.15, 0.2) is 11.6 Å². The average molecular weight is 463 g/mol. The number of nitrogens with zero attached hydrogens (tertiary/aromatic N) is 3. The maximum Gasteiger partial charge on any atom is 0.230 e. The van der Waals surface area contributed by atoms with Crippen LogP contribution in [0.5, 0.6) is 17.4 Å². The summed E-state index contributed by atoms with van der Waals surface area (Å²) in [7, 11) is 0. The Bertz CT molecular complexity index is 1010. The van der Waals surface area contributed by atoms with E-state index in [-0.39, 0.29) is 5.75 Å². The molecule has 1 aliphatic rings. The molecule has 2 aromatic heterocycles. The minimum Gasteiger partial charge on any atom is -0.475 e. The average Bonchev–Trinajstić information content (AvgIpc) is 2.73. The Morgan fingerprint density at radius 2 is 2.00 bits per heavy atom. The lowest BCUT2D eigenvalue weighted by Gasteiger charge is -2.26. The molecule has 2 N–H and O–H groups in total. The molecular weight excluding hydrogens is 443 g/mol. The van der Waals surface area contributed by atoms with E-state index in [9.17, 15) is 4.39 Å². The molecule has 0 atom stereocenters. The van der Waals surface area contributed by atoms with Gasteiger partial charge in [-0.25, -0.2) is 9.37 Å². The van der Waals surface area contributed by atoms with Crippen LogP contribution >= 0.6 is 15.9 Å². The van der Waals surface area contributed by atoms with Crippen LogP contribution in [0.25, 0.3) is 10.9 Å². The number of nitrogen functional groups attached to an aromatic ring is 1. The molecule has 1 fully saturated rings. The third kappa shape index (κ3) is 4.58. The van der Waals surface area contributed by atoms with Crippen LogP contribution in [0.15, 0.2) is 41.1 Å². The van der Waals surface area contributed by atoms with E-state index >= 15 is 0 Å². The second kappa shape index (κ2) is 8.89. The van der Waals surface area contributed by atoms with Gasteiger partial charge in [0, 0.05) is 43.8 Å². The van der Waals surface area contributed by atoms with Crippen molar-refractivity contribution in [2.24, 2.45) is 0 Å². The van der Waals surface area contributed by atoms with Crippen LogP contribution in [0, 0.1) is 5.82 Å². The highest BCUT2D eigenvalue weighted by atomic mass is 79.9. The lowest BCUT2D eigenvalue weighted by atomic mass is 10.2. The van der Waals surface area contributed by atoms with E-state index in [1.54, 1.807) is 24.5 Å². The number of ether oxygens (including phenoxy) is 3. The Morgan fingerprint density at radius 1 is 1.17 bits per heavy atom. The Balaban J connectivity index is 1.52. The predicted molar refractivity (Wildman–Crippen MR) is 111 cm³/mol. The first kappa shape index (κ1) is 19.8. The van der Waals surface area contributed by atoms with Crippen LogP contribution < -0.4 is 15.2 Å². The van der Waals surface area contributed by atoms with Gasteiger partial charge in [0.05, 0.1) is 24.1 Å². The van der Waals surface area contributed by atoms with Crippen molar-refractivity contribution in [2.75, 3.05) is 45.2 Å². The molecule has 1 aliphatic heterocycles. The molecule has 29 heavy (non-hydrogen) atoms. The van der Waals surface area contributed by atoms with Crippen molar-refractivity contribution in [1.29, 1.82) is 0 Å². The predicted octanol–water partition coefficient (Wildman–Crippen LogP) is 3.62. The van der Waals surface area contributed by atoms with Crippen LogP contribution in [0.2, 0.25) is 0 Å². The number of halogens is 2. The summed E-state index contributed by atoms with van der Waals surface area (Å²) in [6.07, 6.45) is 3.21. The number of fused-ring (bicyclic) bond motifs is 1. The summed E-state index contributed by atoms with van der Waals surface area (Å²) in [6, 6.07) is 5.94. The highest BCUT2D eigenvalue weighted by molar-refractivity contribution is 9.10. The van der Waals surface area contributed by atoms with E-state index < -0.39 is 5.82 Å². The quantitative estimate of drug-likeness (QED) is 0.560. The largest absolute Gasteiger partial charge is 0.475 e. The second-order valence-corrected chi connectivity index (χ2v) is 7.34. The summed E-state index contributed by atoms with van der Waals surface area (Å²) in [4.78, 5) is 11.1. The maximum atomic E-state index is 14.1. The van der Waals surface area contributed by atoms with E-state index in [0.717, 1.165) is 32.8 Å². The highest BCUT2D eigenvalue weighted by Gasteiger charge is 2.15. The van der Waals surface area contributed by atoms with Crippen molar-refractivity contribution in [1.82, 2.24) is 14.9 Å². The van der Waals surface area contributed by atoms with Gasteiger partial charge in [0.25, 0.3) is 0 Å². The zero-order valence-corrected chi connectivity index (χ0v) is 17.2. The van der Waals surface area contributed by atoms with Gasteiger partial charge in [-0.15, -0.1) is 0 Å². The van der Waals surface area contributed by atoms with Gasteiger partial charge in [0.2, 0.25) is 5.88 Å². The molecule has 1 saturated heterocycles. The van der Waals surface area contributed by atoms with Crippen molar-refractivity contribution in [3.63, 3.8) is 0 Å². The van der Waals surface area contributed by atoms with E-state index in [1.165, 1.54) is 12.1 Å². The molecule has 3 heterocycles. The molecule has 0 unspecified atom stereocenters. The number of nitrogens with two attached hydrogens (primary N) is 1. The fourth-order valence-corrected chi connectivity index (χ4v) is 3.57. The van der Waals surface area contributed by atoms with Crippen molar-refractivity contribution in [3.8, 4) is 17.4 Å². The fraction of sp³-hybridized carbons (Fsp3) is 0.300. The van der Waals surface area contributed by atoms with Gasteiger partial charge in [-0.3, -0.25) is 9.88 Å². The maximum absolute atomic E-state index is 14.1. The van der Waals surface area contributed by atoms with Crippen LogP contribution in [-0.4, -0.2) is 54.3 Å². The summed E-state index contributed by atoms with van der Waals surface area (Å²) >= 11 is 3.52. The van der Waals surface area contributed by atoms with Gasteiger partial charge in [0.1, 0.15) is 16.8 Å². The molecule has 0 saturated carbocycles. The standard InChI is InChI=1S/C20H20BrFN4O3/c21-18-19-14(12-25-20(18)28-10-7-26-5-8-27-9-6-26)16(3-4-24-19)29-17-2-1-13(23)11-15(17)22/h1-4,11-12H,5-10,23H2. The number of aromatic nitrogens is 2. The molecular formula is C20H20BrFN4O3. The fourth-order valence-electron chi connectivity index (χ4n) is 3.04. The van der Waals surface area contributed by atoms with Gasteiger partial charge in [-0.1, -0.05) is 0 Å². The lowest BCUT2D eigenvalue weighted by molar-refractivity contribution is 0.0319. The summed E-state index contributed by atoms with van der Waals surface area (Å²) in [5.74, 6) is 0.430. The molecule has 4 rings (SSSR count). The number of pyridine rings is 2. The van der Waals surface area contributed by atoms with Crippen molar-refractivity contribution in [3.05, 3.63) is 46.9 Å². The van der Waals surface area contributed by atoms with Gasteiger partial charge in [-0.2, -0.15) is 0 Å². The summed E-state index contributed by atoms with van der Waals surface area (Å²) in [6.45, 7) is 4.60. The molecule has 0 radical (unpaired) electrons. The minimum absolute atomic E-state index is 0.0775. The number of rotatable bonds is 6. The van der Waals surface area contributed by atoms with Crippen molar-refractivity contribution >= 4 is 32.5 Å². The monoisotopic (exact) mass is 462 g/mol. The number of hydrogen-bond donors (Lipinski definition) is 1. The van der Waals surface area contributed by atoms with Crippen molar-refractivity contribution < 1.29 is 18.6 Å². The smallest absolute Gasteiger partial charge is 0.230 e. The molecule has 9 heteroatoms. The van der Waals surface area contributed by atoms with E-state index in [0.29, 0.717) is 39.3 Å². The van der Waals surface area contributed by atoms with Crippen LogP contribution in [0.3, 0.4) is 0 Å². The zero-order valence-electron chi connectivity index (χ0n) is 15.6. The molecule has 152 valence electrons. The van der Waals surface area contributed by atoms with Crippen LogP contribution in [0.4, 0.5) is 10.1 Å². The van der Waals surface area contributed by atoms with Gasteiger partial charge < -0.3 is 19.9 Å². The Hall–Kier alpha value is -2.49. The summed E-state index contributed by atoms with van der Waals surface area (Å²) < 4.78 is 31.7. The first-order valence-corrected chi connectivity index (χ1v) is 10.00. The Morgan fingerprint density at radius 3 is 2.79 bits per heavy atom. The van der Waals surface area contributed by atoms with Crippen molar-refractivity contribution in [2.45, 2.75) is 0 Å². The number of anilines is 1. The number of hydrogen-bond acceptors (Lipinski definition) is 7.